The third-order valence-electron chi connectivity index (χ3n) is 6.63. The highest BCUT2D eigenvalue weighted by Crippen LogP contribution is 2.32. The maximum atomic E-state index is 13.2. The first kappa shape index (κ1) is 27.6. The van der Waals surface area contributed by atoms with Crippen molar-refractivity contribution in [3.63, 3.8) is 0 Å². The number of alkyl halides is 2. The Bertz CT molecular complexity index is 1350. The SMILES string of the molecule is Cn1c(Nc2cc(CNC(=O)C(C)(C)C)ccc2Cl)nc2cc(C(=O)NCC3CCC3)c(OC(F)F)cc21. The number of amides is 2. The zero-order valence-electron chi connectivity index (χ0n) is 21.8. The lowest BCUT2D eigenvalue weighted by atomic mass is 9.85. The molecule has 0 unspecified atom stereocenters. The highest BCUT2D eigenvalue weighted by Gasteiger charge is 2.23. The molecule has 3 aromatic rings. The number of aromatic nitrogens is 2. The molecule has 1 saturated carbocycles. The molecule has 0 aliphatic heterocycles. The summed E-state index contributed by atoms with van der Waals surface area (Å²) in [6, 6.07) is 8.17. The molecule has 1 aliphatic rings. The summed E-state index contributed by atoms with van der Waals surface area (Å²) >= 11 is 6.42. The fourth-order valence-corrected chi connectivity index (χ4v) is 4.24. The fraction of sp³-hybridized carbons (Fsp3) is 0.444. The number of carbonyl (C=O) groups is 2. The molecule has 2 amide bonds. The van der Waals surface area contributed by atoms with E-state index in [-0.39, 0.29) is 17.2 Å². The first-order chi connectivity index (χ1) is 17.9. The molecule has 1 aromatic heterocycles. The Labute approximate surface area is 225 Å². The number of halogens is 3. The van der Waals surface area contributed by atoms with Crippen molar-refractivity contribution in [3.8, 4) is 5.75 Å². The van der Waals surface area contributed by atoms with E-state index in [4.69, 9.17) is 16.3 Å². The number of aryl methyl sites for hydroxylation is 1. The maximum absolute atomic E-state index is 13.2. The minimum atomic E-state index is -3.09. The summed E-state index contributed by atoms with van der Waals surface area (Å²) < 4.78 is 32.7. The molecule has 4 rings (SSSR count). The quantitative estimate of drug-likeness (QED) is 0.316. The first-order valence-corrected chi connectivity index (χ1v) is 12.9. The lowest BCUT2D eigenvalue weighted by molar-refractivity contribution is -0.128. The second-order valence-electron chi connectivity index (χ2n) is 10.6. The van der Waals surface area contributed by atoms with E-state index in [1.165, 1.54) is 12.1 Å². The average molecular weight is 548 g/mol. The van der Waals surface area contributed by atoms with Gasteiger partial charge in [0.2, 0.25) is 11.9 Å². The molecule has 0 radical (unpaired) electrons. The normalized spacial score (nSPS) is 13.9. The Morgan fingerprint density at radius 3 is 2.55 bits per heavy atom. The van der Waals surface area contributed by atoms with Crippen LogP contribution in [0.2, 0.25) is 5.02 Å². The molecule has 8 nitrogen and oxygen atoms in total. The molecule has 0 saturated heterocycles. The van der Waals surface area contributed by atoms with Gasteiger partial charge in [-0.1, -0.05) is 44.9 Å². The van der Waals surface area contributed by atoms with Crippen molar-refractivity contribution in [2.24, 2.45) is 18.4 Å². The largest absolute Gasteiger partial charge is 0.434 e. The topological polar surface area (TPSA) is 97.3 Å². The zero-order valence-corrected chi connectivity index (χ0v) is 22.6. The van der Waals surface area contributed by atoms with Crippen LogP contribution in [0.4, 0.5) is 20.4 Å². The van der Waals surface area contributed by atoms with Crippen LogP contribution in [0, 0.1) is 11.3 Å². The maximum Gasteiger partial charge on any atom is 0.387 e. The van der Waals surface area contributed by atoms with E-state index < -0.39 is 17.9 Å². The summed E-state index contributed by atoms with van der Waals surface area (Å²) in [5.41, 5.74) is 1.77. The molecule has 0 spiro atoms. The molecule has 2 aromatic carbocycles. The van der Waals surface area contributed by atoms with Crippen molar-refractivity contribution in [1.29, 1.82) is 0 Å². The molecule has 0 bridgehead atoms. The second kappa shape index (κ2) is 11.1. The number of nitrogens with zero attached hydrogens (tertiary/aromatic N) is 2. The van der Waals surface area contributed by atoms with Gasteiger partial charge in [-0.25, -0.2) is 4.98 Å². The Kier molecular flexibility index (Phi) is 8.10. The van der Waals surface area contributed by atoms with Crippen molar-refractivity contribution in [1.82, 2.24) is 20.2 Å². The Balaban J connectivity index is 1.59. The van der Waals surface area contributed by atoms with Crippen molar-refractivity contribution in [3.05, 3.63) is 46.5 Å². The van der Waals surface area contributed by atoms with Crippen LogP contribution >= 0.6 is 11.6 Å². The van der Waals surface area contributed by atoms with Crippen LogP contribution in [0.3, 0.4) is 0 Å². The Hall–Kier alpha value is -3.40. The molecule has 1 fully saturated rings. The molecule has 3 N–H and O–H groups in total. The number of nitrogens with one attached hydrogen (secondary N) is 3. The molecular formula is C27H32ClF2N5O3. The number of ether oxygens (including phenoxy) is 1. The highest BCUT2D eigenvalue weighted by atomic mass is 35.5. The van der Waals surface area contributed by atoms with Crippen molar-refractivity contribution in [2.75, 3.05) is 11.9 Å². The first-order valence-electron chi connectivity index (χ1n) is 12.5. The van der Waals surface area contributed by atoms with Crippen LogP contribution in [0.25, 0.3) is 11.0 Å². The molecule has 38 heavy (non-hydrogen) atoms. The minimum Gasteiger partial charge on any atom is -0.434 e. The highest BCUT2D eigenvalue weighted by molar-refractivity contribution is 6.33. The number of rotatable bonds is 9. The van der Waals surface area contributed by atoms with Crippen LogP contribution in [0.15, 0.2) is 30.3 Å². The van der Waals surface area contributed by atoms with Gasteiger partial charge in [-0.2, -0.15) is 8.78 Å². The number of hydrogen-bond donors (Lipinski definition) is 3. The Morgan fingerprint density at radius 1 is 1.18 bits per heavy atom. The third kappa shape index (κ3) is 6.35. The second-order valence-corrected chi connectivity index (χ2v) is 11.0. The van der Waals surface area contributed by atoms with E-state index in [2.05, 4.69) is 20.9 Å². The van der Waals surface area contributed by atoms with E-state index >= 15 is 0 Å². The molecular weight excluding hydrogens is 516 g/mol. The van der Waals surface area contributed by atoms with Crippen molar-refractivity contribution < 1.29 is 23.1 Å². The standard InChI is InChI=1S/C27H32ClF2N5O3/c1-27(2,3)24(37)32-14-16-8-9-18(28)19(10-16)33-26-34-20-11-17(23(36)31-13-15-6-5-7-15)22(38-25(29)30)12-21(20)35(26)4/h8-12,15,25H,5-7,13-14H2,1-4H3,(H,31,36)(H,32,37)(H,33,34). The van der Waals surface area contributed by atoms with E-state index in [0.717, 1.165) is 24.8 Å². The number of hydrogen-bond acceptors (Lipinski definition) is 5. The fourth-order valence-electron chi connectivity index (χ4n) is 4.08. The molecule has 0 atom stereocenters. The minimum absolute atomic E-state index is 0.00334. The predicted octanol–water partition coefficient (Wildman–Crippen LogP) is 5.76. The third-order valence-corrected chi connectivity index (χ3v) is 6.96. The van der Waals surface area contributed by atoms with Gasteiger partial charge in [0.15, 0.2) is 0 Å². The monoisotopic (exact) mass is 547 g/mol. The van der Waals surface area contributed by atoms with E-state index in [1.54, 1.807) is 23.7 Å². The van der Waals surface area contributed by atoms with Gasteiger partial charge in [0, 0.05) is 31.6 Å². The molecule has 11 heteroatoms. The van der Waals surface area contributed by atoms with Gasteiger partial charge < -0.3 is 25.3 Å². The summed E-state index contributed by atoms with van der Waals surface area (Å²) in [6.07, 6.45) is 3.22. The van der Waals surface area contributed by atoms with Crippen LogP contribution in [-0.4, -0.2) is 34.5 Å². The van der Waals surface area contributed by atoms with E-state index in [1.807, 2.05) is 26.8 Å². The Morgan fingerprint density at radius 2 is 1.92 bits per heavy atom. The van der Waals surface area contributed by atoms with Gasteiger partial charge in [0.25, 0.3) is 5.91 Å². The van der Waals surface area contributed by atoms with Crippen molar-refractivity contribution >= 4 is 46.1 Å². The van der Waals surface area contributed by atoms with Crippen LogP contribution in [0.5, 0.6) is 5.75 Å². The van der Waals surface area contributed by atoms with Crippen LogP contribution in [0.1, 0.15) is 56.0 Å². The van der Waals surface area contributed by atoms with Crippen LogP contribution < -0.4 is 20.7 Å². The number of carbonyl (C=O) groups excluding carboxylic acids is 2. The number of anilines is 2. The van der Waals surface area contributed by atoms with Crippen molar-refractivity contribution in [2.45, 2.75) is 53.2 Å². The number of fused-ring (bicyclic) bond motifs is 1. The predicted molar refractivity (Wildman–Crippen MR) is 143 cm³/mol. The summed E-state index contributed by atoms with van der Waals surface area (Å²) in [5.74, 6) is 0.0139. The molecule has 1 aliphatic carbocycles. The lowest BCUT2D eigenvalue weighted by Gasteiger charge is -2.25. The number of benzene rings is 2. The van der Waals surface area contributed by atoms with Gasteiger partial charge in [-0.3, -0.25) is 9.59 Å². The molecule has 1 heterocycles. The summed E-state index contributed by atoms with van der Waals surface area (Å²) in [4.78, 5) is 29.6. The molecule has 204 valence electrons. The van der Waals surface area contributed by atoms with Gasteiger partial charge in [0.1, 0.15) is 5.75 Å². The van der Waals surface area contributed by atoms with Gasteiger partial charge >= 0.3 is 6.61 Å². The van der Waals surface area contributed by atoms with Gasteiger partial charge in [-0.15, -0.1) is 0 Å². The van der Waals surface area contributed by atoms with E-state index in [0.29, 0.717) is 46.7 Å². The zero-order chi connectivity index (χ0) is 27.6. The smallest absolute Gasteiger partial charge is 0.387 e. The average Bonchev–Trinajstić information content (AvgIpc) is 3.11. The van der Waals surface area contributed by atoms with E-state index in [9.17, 15) is 18.4 Å². The summed E-state index contributed by atoms with van der Waals surface area (Å²) in [5, 5.41) is 9.32. The van der Waals surface area contributed by atoms with Gasteiger partial charge in [0.05, 0.1) is 27.3 Å². The summed E-state index contributed by atoms with van der Waals surface area (Å²) in [6.45, 7) is 3.23. The van der Waals surface area contributed by atoms with Gasteiger partial charge in [-0.05, 0) is 42.5 Å². The summed E-state index contributed by atoms with van der Waals surface area (Å²) in [7, 11) is 1.71. The lowest BCUT2D eigenvalue weighted by Crippen LogP contribution is -2.34. The number of imidazole rings is 1. The van der Waals surface area contributed by atoms with Crippen LogP contribution in [-0.2, 0) is 18.4 Å².